The summed E-state index contributed by atoms with van der Waals surface area (Å²) in [5.41, 5.74) is 0.517. The van der Waals surface area contributed by atoms with Crippen LogP contribution in [0.4, 0.5) is 0 Å². The van der Waals surface area contributed by atoms with E-state index in [2.05, 4.69) is 19.2 Å². The number of hydrogen-bond acceptors (Lipinski definition) is 3. The average molecular weight is 199 g/mol. The summed E-state index contributed by atoms with van der Waals surface area (Å²) in [6.07, 6.45) is 2.31. The van der Waals surface area contributed by atoms with Gasteiger partial charge in [-0.1, -0.05) is 13.8 Å². The molecule has 2 rings (SSSR count). The lowest BCUT2D eigenvalue weighted by atomic mass is 9.58. The summed E-state index contributed by atoms with van der Waals surface area (Å²) < 4.78 is 11.2. The van der Waals surface area contributed by atoms with Crippen LogP contribution in [0.15, 0.2) is 0 Å². The molecule has 1 aliphatic heterocycles. The first kappa shape index (κ1) is 10.4. The molecule has 0 aromatic rings. The molecule has 3 nitrogen and oxygen atoms in total. The van der Waals surface area contributed by atoms with Crippen molar-refractivity contribution in [3.63, 3.8) is 0 Å². The van der Waals surface area contributed by atoms with E-state index in [9.17, 15) is 0 Å². The Balaban J connectivity index is 2.01. The van der Waals surface area contributed by atoms with Crippen molar-refractivity contribution in [1.29, 1.82) is 0 Å². The maximum absolute atomic E-state index is 5.96. The van der Waals surface area contributed by atoms with Gasteiger partial charge >= 0.3 is 0 Å². The summed E-state index contributed by atoms with van der Waals surface area (Å²) >= 11 is 0. The van der Waals surface area contributed by atoms with E-state index >= 15 is 0 Å². The monoisotopic (exact) mass is 199 g/mol. The molecule has 1 unspecified atom stereocenters. The molecule has 0 amide bonds. The van der Waals surface area contributed by atoms with E-state index in [0.29, 0.717) is 11.5 Å². The first-order valence-corrected chi connectivity index (χ1v) is 5.44. The van der Waals surface area contributed by atoms with Crippen LogP contribution in [0.3, 0.4) is 0 Å². The van der Waals surface area contributed by atoms with Crippen molar-refractivity contribution in [2.24, 2.45) is 5.41 Å². The van der Waals surface area contributed by atoms with Gasteiger partial charge in [0.15, 0.2) is 0 Å². The fourth-order valence-corrected chi connectivity index (χ4v) is 3.07. The molecule has 3 heteroatoms. The molecule has 1 heterocycles. The standard InChI is InChI=1S/C11H21NO2/c1-10(2)7-11(8-10)9(6-13-3)12-4-5-14-11/h9,12H,4-8H2,1-3H3. The van der Waals surface area contributed by atoms with Crippen LogP contribution in [0.5, 0.6) is 0 Å². The Labute approximate surface area is 86.2 Å². The number of morpholine rings is 1. The molecule has 1 saturated carbocycles. The number of nitrogens with one attached hydrogen (secondary N) is 1. The molecule has 0 radical (unpaired) electrons. The molecule has 14 heavy (non-hydrogen) atoms. The minimum Gasteiger partial charge on any atom is -0.383 e. The predicted molar refractivity (Wildman–Crippen MR) is 55.4 cm³/mol. The second-order valence-electron chi connectivity index (χ2n) is 5.39. The zero-order chi connectivity index (χ0) is 10.2. The minimum absolute atomic E-state index is 0.0672. The van der Waals surface area contributed by atoms with Crippen molar-refractivity contribution in [3.05, 3.63) is 0 Å². The number of rotatable bonds is 2. The summed E-state index contributed by atoms with van der Waals surface area (Å²) in [4.78, 5) is 0. The highest BCUT2D eigenvalue weighted by atomic mass is 16.5. The fourth-order valence-electron chi connectivity index (χ4n) is 3.07. The lowest BCUT2D eigenvalue weighted by Crippen LogP contribution is -2.67. The summed E-state index contributed by atoms with van der Waals surface area (Å²) in [5.74, 6) is 0. The second kappa shape index (κ2) is 3.47. The number of hydrogen-bond donors (Lipinski definition) is 1. The Hall–Kier alpha value is -0.120. The highest BCUT2D eigenvalue weighted by molar-refractivity contribution is 5.09. The smallest absolute Gasteiger partial charge is 0.0868 e. The van der Waals surface area contributed by atoms with E-state index in [1.807, 2.05) is 0 Å². The molecule has 0 aromatic carbocycles. The van der Waals surface area contributed by atoms with Crippen LogP contribution in [0, 0.1) is 5.41 Å². The van der Waals surface area contributed by atoms with E-state index in [4.69, 9.17) is 9.47 Å². The first-order valence-electron chi connectivity index (χ1n) is 5.44. The molecule has 1 aliphatic carbocycles. The van der Waals surface area contributed by atoms with E-state index in [-0.39, 0.29) is 5.60 Å². The van der Waals surface area contributed by atoms with Gasteiger partial charge in [0.25, 0.3) is 0 Å². The highest BCUT2D eigenvalue weighted by Gasteiger charge is 2.55. The fraction of sp³-hybridized carbons (Fsp3) is 1.00. The zero-order valence-electron chi connectivity index (χ0n) is 9.43. The second-order valence-corrected chi connectivity index (χ2v) is 5.39. The molecular formula is C11H21NO2. The molecule has 82 valence electrons. The van der Waals surface area contributed by atoms with E-state index in [1.54, 1.807) is 7.11 Å². The van der Waals surface area contributed by atoms with Gasteiger partial charge in [0, 0.05) is 13.7 Å². The molecular weight excluding hydrogens is 178 g/mol. The maximum atomic E-state index is 5.96. The molecule has 2 fully saturated rings. The molecule has 1 N–H and O–H groups in total. The van der Waals surface area contributed by atoms with Crippen molar-refractivity contribution in [3.8, 4) is 0 Å². The van der Waals surface area contributed by atoms with Gasteiger partial charge in [0.2, 0.25) is 0 Å². The Bertz CT molecular complexity index is 205. The quantitative estimate of drug-likeness (QED) is 0.724. The van der Waals surface area contributed by atoms with Gasteiger partial charge < -0.3 is 14.8 Å². The van der Waals surface area contributed by atoms with Gasteiger partial charge in [-0.15, -0.1) is 0 Å². The predicted octanol–water partition coefficient (Wildman–Crippen LogP) is 1.18. The van der Waals surface area contributed by atoms with Gasteiger partial charge in [-0.05, 0) is 18.3 Å². The number of methoxy groups -OCH3 is 1. The van der Waals surface area contributed by atoms with Crippen LogP contribution < -0.4 is 5.32 Å². The van der Waals surface area contributed by atoms with Gasteiger partial charge in [-0.2, -0.15) is 0 Å². The van der Waals surface area contributed by atoms with Crippen LogP contribution in [0.25, 0.3) is 0 Å². The van der Waals surface area contributed by atoms with E-state index in [0.717, 1.165) is 32.6 Å². The van der Waals surface area contributed by atoms with Crippen molar-refractivity contribution in [2.75, 3.05) is 26.9 Å². The van der Waals surface area contributed by atoms with Gasteiger partial charge in [-0.25, -0.2) is 0 Å². The van der Waals surface area contributed by atoms with Gasteiger partial charge in [0.05, 0.1) is 24.9 Å². The molecule has 0 bridgehead atoms. The van der Waals surface area contributed by atoms with Crippen LogP contribution in [0.1, 0.15) is 26.7 Å². The van der Waals surface area contributed by atoms with E-state index < -0.39 is 0 Å². The van der Waals surface area contributed by atoms with Crippen molar-refractivity contribution in [1.82, 2.24) is 5.32 Å². The summed E-state index contributed by atoms with van der Waals surface area (Å²) in [6.45, 7) is 7.17. The average Bonchev–Trinajstić information content (AvgIpc) is 2.06. The zero-order valence-corrected chi connectivity index (χ0v) is 9.43. The maximum Gasteiger partial charge on any atom is 0.0868 e. The van der Waals surface area contributed by atoms with Crippen LogP contribution in [0.2, 0.25) is 0 Å². The highest BCUT2D eigenvalue weighted by Crippen LogP contribution is 2.52. The largest absolute Gasteiger partial charge is 0.383 e. The molecule has 1 atom stereocenters. The summed E-state index contributed by atoms with van der Waals surface area (Å²) in [5, 5.41) is 3.50. The van der Waals surface area contributed by atoms with Gasteiger partial charge in [0.1, 0.15) is 0 Å². The summed E-state index contributed by atoms with van der Waals surface area (Å²) in [7, 11) is 1.76. The lowest BCUT2D eigenvalue weighted by molar-refractivity contribution is -0.200. The third-order valence-electron chi connectivity index (χ3n) is 3.41. The van der Waals surface area contributed by atoms with Crippen molar-refractivity contribution in [2.45, 2.75) is 38.3 Å². The third kappa shape index (κ3) is 1.69. The lowest BCUT2D eigenvalue weighted by Gasteiger charge is -2.58. The van der Waals surface area contributed by atoms with Gasteiger partial charge in [-0.3, -0.25) is 0 Å². The topological polar surface area (TPSA) is 30.5 Å². The van der Waals surface area contributed by atoms with Crippen LogP contribution >= 0.6 is 0 Å². The first-order chi connectivity index (χ1) is 6.58. The third-order valence-corrected chi connectivity index (χ3v) is 3.41. The van der Waals surface area contributed by atoms with Crippen molar-refractivity contribution < 1.29 is 9.47 Å². The molecule has 2 aliphatic rings. The Morgan fingerprint density at radius 1 is 1.43 bits per heavy atom. The Morgan fingerprint density at radius 3 is 2.71 bits per heavy atom. The SMILES string of the molecule is COCC1NCCOC12CC(C)(C)C2. The molecule has 1 spiro atoms. The normalized spacial score (nSPS) is 34.1. The molecule has 0 aromatic heterocycles. The number of ether oxygens (including phenoxy) is 2. The van der Waals surface area contributed by atoms with E-state index in [1.165, 1.54) is 0 Å². The minimum atomic E-state index is 0.0672. The van der Waals surface area contributed by atoms with Crippen LogP contribution in [-0.4, -0.2) is 38.5 Å². The molecule has 1 saturated heterocycles. The van der Waals surface area contributed by atoms with Crippen molar-refractivity contribution >= 4 is 0 Å². The summed E-state index contributed by atoms with van der Waals surface area (Å²) in [6, 6.07) is 0.384. The van der Waals surface area contributed by atoms with Crippen LogP contribution in [-0.2, 0) is 9.47 Å². The Morgan fingerprint density at radius 2 is 2.14 bits per heavy atom. The Kier molecular flexibility index (Phi) is 2.58.